The van der Waals surface area contributed by atoms with Gasteiger partial charge in [0.05, 0.1) is 29.5 Å². The number of hydrogen-bond acceptors (Lipinski definition) is 4. The molecule has 7 heteroatoms. The van der Waals surface area contributed by atoms with Crippen LogP contribution in [0.15, 0.2) is 6.33 Å². The Hall–Kier alpha value is -1.40. The molecule has 0 aliphatic carbocycles. The molecule has 2 heterocycles. The number of aryl methyl sites for hydroxylation is 2. The van der Waals surface area contributed by atoms with Crippen LogP contribution in [-0.2, 0) is 20.1 Å². The van der Waals surface area contributed by atoms with Crippen LogP contribution in [-0.4, -0.2) is 31.6 Å². The fourth-order valence-corrected chi connectivity index (χ4v) is 1.87. The molecule has 0 fully saturated rings. The highest BCUT2D eigenvalue weighted by Gasteiger charge is 2.12. The summed E-state index contributed by atoms with van der Waals surface area (Å²) in [6, 6.07) is 0. The van der Waals surface area contributed by atoms with Gasteiger partial charge in [-0.3, -0.25) is 4.68 Å². The summed E-state index contributed by atoms with van der Waals surface area (Å²) in [4.78, 5) is 4.18. The van der Waals surface area contributed by atoms with Crippen LogP contribution in [0.1, 0.15) is 17.2 Å². The predicted octanol–water partition coefficient (Wildman–Crippen LogP) is 0.741. The Bertz CT molecular complexity index is 515. The largest absolute Gasteiger partial charge is 0.313 e. The molecule has 2 aromatic rings. The van der Waals surface area contributed by atoms with Gasteiger partial charge in [0.15, 0.2) is 5.82 Å². The van der Waals surface area contributed by atoms with Gasteiger partial charge >= 0.3 is 0 Å². The van der Waals surface area contributed by atoms with Gasteiger partial charge in [-0.05, 0) is 14.0 Å². The maximum Gasteiger partial charge on any atom is 0.164 e. The molecule has 0 spiro atoms. The lowest BCUT2D eigenvalue weighted by Gasteiger charge is -2.02. The minimum absolute atomic E-state index is 0.576. The van der Waals surface area contributed by atoms with E-state index in [0.29, 0.717) is 18.1 Å². The Kier molecular flexibility index (Phi) is 3.44. The van der Waals surface area contributed by atoms with Gasteiger partial charge in [-0.1, -0.05) is 11.6 Å². The molecule has 2 aromatic heterocycles. The lowest BCUT2D eigenvalue weighted by atomic mass is 10.3. The molecule has 0 saturated carbocycles. The van der Waals surface area contributed by atoms with Crippen LogP contribution in [0.25, 0.3) is 0 Å². The van der Waals surface area contributed by atoms with E-state index >= 15 is 0 Å². The van der Waals surface area contributed by atoms with Crippen molar-refractivity contribution in [2.24, 2.45) is 7.05 Å². The molecular weight excluding hydrogens is 240 g/mol. The molecule has 0 atom stereocenters. The van der Waals surface area contributed by atoms with Crippen LogP contribution >= 0.6 is 11.6 Å². The minimum atomic E-state index is 0.576. The number of rotatable bonds is 4. The second-order valence-corrected chi connectivity index (χ2v) is 4.24. The first-order chi connectivity index (χ1) is 8.11. The summed E-state index contributed by atoms with van der Waals surface area (Å²) in [5.41, 5.74) is 1.77. The average Bonchev–Trinajstić information content (AvgIpc) is 2.81. The number of aromatic nitrogens is 5. The molecule has 2 rings (SSSR count). The average molecular weight is 255 g/mol. The SMILES string of the molecule is CNCc1ncn(Cc2c(Cl)c(C)nn2C)n1. The van der Waals surface area contributed by atoms with Gasteiger partial charge in [-0.15, -0.1) is 0 Å². The van der Waals surface area contributed by atoms with Crippen molar-refractivity contribution < 1.29 is 0 Å². The molecule has 1 N–H and O–H groups in total. The summed E-state index contributed by atoms with van der Waals surface area (Å²) in [6.45, 7) is 3.12. The van der Waals surface area contributed by atoms with Crippen LogP contribution in [0.3, 0.4) is 0 Å². The van der Waals surface area contributed by atoms with Gasteiger partial charge in [0.2, 0.25) is 0 Å². The Morgan fingerprint density at radius 2 is 2.18 bits per heavy atom. The van der Waals surface area contributed by atoms with Crippen molar-refractivity contribution in [3.63, 3.8) is 0 Å². The van der Waals surface area contributed by atoms with E-state index in [2.05, 4.69) is 20.5 Å². The standard InChI is InChI=1S/C10H15ClN6/c1-7-10(11)8(16(3)14-7)5-17-6-13-9(15-17)4-12-2/h6,12H,4-5H2,1-3H3. The van der Waals surface area contributed by atoms with Gasteiger partial charge in [0.25, 0.3) is 0 Å². The number of halogens is 1. The van der Waals surface area contributed by atoms with Crippen LogP contribution in [0.2, 0.25) is 5.02 Å². The molecule has 0 aliphatic rings. The summed E-state index contributed by atoms with van der Waals surface area (Å²) in [5.74, 6) is 0.766. The van der Waals surface area contributed by atoms with Crippen molar-refractivity contribution in [3.8, 4) is 0 Å². The molecule has 6 nitrogen and oxygen atoms in total. The van der Waals surface area contributed by atoms with Crippen LogP contribution in [0, 0.1) is 6.92 Å². The zero-order chi connectivity index (χ0) is 12.4. The van der Waals surface area contributed by atoms with Crippen LogP contribution in [0.5, 0.6) is 0 Å². The Labute approximate surface area is 105 Å². The monoisotopic (exact) mass is 254 g/mol. The zero-order valence-corrected chi connectivity index (χ0v) is 10.9. The summed E-state index contributed by atoms with van der Waals surface area (Å²) in [7, 11) is 3.74. The topological polar surface area (TPSA) is 60.6 Å². The van der Waals surface area contributed by atoms with Gasteiger partial charge in [-0.2, -0.15) is 10.2 Å². The highest BCUT2D eigenvalue weighted by molar-refractivity contribution is 6.31. The normalized spacial score (nSPS) is 11.1. The molecule has 92 valence electrons. The summed E-state index contributed by atoms with van der Waals surface area (Å²) < 4.78 is 3.53. The highest BCUT2D eigenvalue weighted by Crippen LogP contribution is 2.19. The molecule has 0 unspecified atom stereocenters. The lowest BCUT2D eigenvalue weighted by molar-refractivity contribution is 0.607. The fourth-order valence-electron chi connectivity index (χ4n) is 1.65. The Balaban J connectivity index is 2.19. The third-order valence-electron chi connectivity index (χ3n) is 2.49. The number of nitrogens with one attached hydrogen (secondary N) is 1. The quantitative estimate of drug-likeness (QED) is 0.874. The van der Waals surface area contributed by atoms with Crippen molar-refractivity contribution in [2.75, 3.05) is 7.05 Å². The van der Waals surface area contributed by atoms with E-state index in [0.717, 1.165) is 17.2 Å². The maximum atomic E-state index is 6.17. The predicted molar refractivity (Wildman–Crippen MR) is 64.8 cm³/mol. The molecule has 0 saturated heterocycles. The summed E-state index contributed by atoms with van der Waals surface area (Å²) in [6.07, 6.45) is 1.70. The summed E-state index contributed by atoms with van der Waals surface area (Å²) in [5, 5.41) is 12.3. The molecular formula is C10H15ClN6. The highest BCUT2D eigenvalue weighted by atomic mass is 35.5. The molecule has 0 radical (unpaired) electrons. The maximum absolute atomic E-state index is 6.17. The van der Waals surface area contributed by atoms with E-state index in [9.17, 15) is 0 Å². The van der Waals surface area contributed by atoms with Crippen LogP contribution < -0.4 is 5.32 Å². The van der Waals surface area contributed by atoms with Crippen molar-refractivity contribution in [2.45, 2.75) is 20.0 Å². The van der Waals surface area contributed by atoms with Gasteiger partial charge < -0.3 is 5.32 Å². The first kappa shape index (κ1) is 12.1. The van der Waals surface area contributed by atoms with E-state index in [1.807, 2.05) is 21.0 Å². The van der Waals surface area contributed by atoms with Crippen molar-refractivity contribution in [1.82, 2.24) is 29.9 Å². The molecule has 0 aromatic carbocycles. The van der Waals surface area contributed by atoms with E-state index in [1.165, 1.54) is 0 Å². The number of hydrogen-bond donors (Lipinski definition) is 1. The third-order valence-corrected chi connectivity index (χ3v) is 2.98. The second kappa shape index (κ2) is 4.85. The Morgan fingerprint density at radius 1 is 1.41 bits per heavy atom. The summed E-state index contributed by atoms with van der Waals surface area (Å²) >= 11 is 6.17. The van der Waals surface area contributed by atoms with E-state index in [1.54, 1.807) is 15.7 Å². The van der Waals surface area contributed by atoms with Crippen molar-refractivity contribution in [1.29, 1.82) is 0 Å². The van der Waals surface area contributed by atoms with Gasteiger partial charge in [0.1, 0.15) is 6.33 Å². The molecule has 0 amide bonds. The van der Waals surface area contributed by atoms with E-state index in [-0.39, 0.29) is 0 Å². The van der Waals surface area contributed by atoms with E-state index < -0.39 is 0 Å². The fraction of sp³-hybridized carbons (Fsp3) is 0.500. The Morgan fingerprint density at radius 3 is 2.76 bits per heavy atom. The first-order valence-corrected chi connectivity index (χ1v) is 5.70. The number of nitrogens with zero attached hydrogens (tertiary/aromatic N) is 5. The first-order valence-electron chi connectivity index (χ1n) is 5.32. The molecule has 0 aliphatic heterocycles. The van der Waals surface area contributed by atoms with E-state index in [4.69, 9.17) is 11.6 Å². The second-order valence-electron chi connectivity index (χ2n) is 3.86. The lowest BCUT2D eigenvalue weighted by Crippen LogP contribution is -2.09. The van der Waals surface area contributed by atoms with Crippen molar-refractivity contribution >= 4 is 11.6 Å². The van der Waals surface area contributed by atoms with Crippen LogP contribution in [0.4, 0.5) is 0 Å². The molecule has 0 bridgehead atoms. The molecule has 17 heavy (non-hydrogen) atoms. The third kappa shape index (κ3) is 2.48. The van der Waals surface area contributed by atoms with Crippen molar-refractivity contribution in [3.05, 3.63) is 28.6 Å². The minimum Gasteiger partial charge on any atom is -0.313 e. The van der Waals surface area contributed by atoms with Gasteiger partial charge in [-0.25, -0.2) is 9.67 Å². The smallest absolute Gasteiger partial charge is 0.164 e. The zero-order valence-electron chi connectivity index (χ0n) is 10.1. The van der Waals surface area contributed by atoms with Gasteiger partial charge in [0, 0.05) is 7.05 Å².